The Balaban J connectivity index is 2.06. The predicted octanol–water partition coefficient (Wildman–Crippen LogP) is 2.94. The van der Waals surface area contributed by atoms with Gasteiger partial charge in [0.2, 0.25) is 0 Å². The molecule has 1 aromatic heterocycles. The number of nitro groups is 1. The van der Waals surface area contributed by atoms with Crippen molar-refractivity contribution in [3.8, 4) is 0 Å². The van der Waals surface area contributed by atoms with E-state index in [-0.39, 0.29) is 22.2 Å². The van der Waals surface area contributed by atoms with E-state index < -0.39 is 4.92 Å². The smallest absolute Gasteiger partial charge is 0.287 e. The zero-order chi connectivity index (χ0) is 14.7. The van der Waals surface area contributed by atoms with Crippen LogP contribution in [0.15, 0.2) is 23.6 Å². The Morgan fingerprint density at radius 2 is 2.30 bits per heavy atom. The Morgan fingerprint density at radius 3 is 2.85 bits per heavy atom. The molecule has 0 radical (unpaired) electrons. The molecule has 0 aliphatic heterocycles. The van der Waals surface area contributed by atoms with E-state index in [0.717, 1.165) is 10.7 Å². The quantitative estimate of drug-likeness (QED) is 0.695. The summed E-state index contributed by atoms with van der Waals surface area (Å²) in [5, 5.41) is 15.9. The number of thiazole rings is 1. The Hall–Kier alpha value is -1.99. The summed E-state index contributed by atoms with van der Waals surface area (Å²) in [6.07, 6.45) is 0. The van der Waals surface area contributed by atoms with Gasteiger partial charge in [0, 0.05) is 22.7 Å². The standard InChI is InChI=1S/C12H10ClN3O3S/c1-7-6-20-11(15-7)5-14-12(17)8-2-3-10(16(18)19)9(13)4-8/h2-4,6H,5H2,1H3,(H,14,17). The molecule has 0 saturated carbocycles. The summed E-state index contributed by atoms with van der Waals surface area (Å²) in [5.74, 6) is -0.352. The van der Waals surface area contributed by atoms with Gasteiger partial charge in [-0.15, -0.1) is 11.3 Å². The average Bonchev–Trinajstić information content (AvgIpc) is 2.81. The molecule has 6 nitrogen and oxygen atoms in total. The number of nitrogens with zero attached hydrogens (tertiary/aromatic N) is 2. The molecule has 0 aliphatic carbocycles. The number of carbonyl (C=O) groups is 1. The van der Waals surface area contributed by atoms with Crippen LogP contribution >= 0.6 is 22.9 Å². The van der Waals surface area contributed by atoms with Gasteiger partial charge in [0.05, 0.1) is 11.5 Å². The molecule has 0 bridgehead atoms. The second kappa shape index (κ2) is 5.98. The van der Waals surface area contributed by atoms with Crippen LogP contribution < -0.4 is 5.32 Å². The zero-order valence-electron chi connectivity index (χ0n) is 10.4. The molecule has 0 atom stereocenters. The van der Waals surface area contributed by atoms with E-state index in [1.807, 2.05) is 12.3 Å². The lowest BCUT2D eigenvalue weighted by atomic mass is 10.2. The summed E-state index contributed by atoms with van der Waals surface area (Å²) in [7, 11) is 0. The maximum Gasteiger partial charge on any atom is 0.287 e. The number of aryl methyl sites for hydroxylation is 1. The summed E-state index contributed by atoms with van der Waals surface area (Å²) in [4.78, 5) is 26.1. The van der Waals surface area contributed by atoms with Gasteiger partial charge in [-0.1, -0.05) is 11.6 Å². The largest absolute Gasteiger partial charge is 0.346 e. The Labute approximate surface area is 123 Å². The van der Waals surface area contributed by atoms with Crippen molar-refractivity contribution in [1.29, 1.82) is 0 Å². The first-order valence-corrected chi connectivity index (χ1v) is 6.86. The number of carbonyl (C=O) groups excluding carboxylic acids is 1. The highest BCUT2D eigenvalue weighted by atomic mass is 35.5. The maximum atomic E-state index is 11.9. The molecule has 0 fully saturated rings. The van der Waals surface area contributed by atoms with Crippen LogP contribution in [0.5, 0.6) is 0 Å². The van der Waals surface area contributed by atoms with E-state index in [9.17, 15) is 14.9 Å². The predicted molar refractivity (Wildman–Crippen MR) is 76.1 cm³/mol. The molecule has 20 heavy (non-hydrogen) atoms. The zero-order valence-corrected chi connectivity index (χ0v) is 12.0. The first-order chi connectivity index (χ1) is 9.47. The molecule has 1 N–H and O–H groups in total. The highest BCUT2D eigenvalue weighted by molar-refractivity contribution is 7.09. The van der Waals surface area contributed by atoms with Gasteiger partial charge in [0.1, 0.15) is 10.0 Å². The van der Waals surface area contributed by atoms with Crippen molar-refractivity contribution in [2.45, 2.75) is 13.5 Å². The van der Waals surface area contributed by atoms with Crippen LogP contribution in [-0.4, -0.2) is 15.8 Å². The normalized spacial score (nSPS) is 10.3. The lowest BCUT2D eigenvalue weighted by molar-refractivity contribution is -0.384. The Kier molecular flexibility index (Phi) is 4.31. The number of nitro benzene ring substituents is 1. The molecule has 2 rings (SSSR count). The molecule has 0 unspecified atom stereocenters. The summed E-state index contributed by atoms with van der Waals surface area (Å²) in [6, 6.07) is 3.86. The number of hydrogen-bond acceptors (Lipinski definition) is 5. The van der Waals surface area contributed by atoms with Gasteiger partial charge in [-0.25, -0.2) is 4.98 Å². The summed E-state index contributed by atoms with van der Waals surface area (Å²) in [5.41, 5.74) is 0.949. The number of aromatic nitrogens is 1. The number of nitrogens with one attached hydrogen (secondary N) is 1. The fourth-order valence-corrected chi connectivity index (χ4v) is 2.50. The second-order valence-electron chi connectivity index (χ2n) is 3.99. The van der Waals surface area contributed by atoms with Crippen molar-refractivity contribution in [3.63, 3.8) is 0 Å². The monoisotopic (exact) mass is 311 g/mol. The molecule has 1 heterocycles. The minimum atomic E-state index is -0.595. The van der Waals surface area contributed by atoms with Crippen LogP contribution in [0, 0.1) is 17.0 Å². The van der Waals surface area contributed by atoms with Crippen LogP contribution in [0.1, 0.15) is 21.1 Å². The third-order valence-corrected chi connectivity index (χ3v) is 3.74. The van der Waals surface area contributed by atoms with E-state index in [4.69, 9.17) is 11.6 Å². The van der Waals surface area contributed by atoms with Gasteiger partial charge in [0.15, 0.2) is 0 Å². The lowest BCUT2D eigenvalue weighted by Crippen LogP contribution is -2.22. The third-order valence-electron chi connectivity index (χ3n) is 2.47. The number of rotatable bonds is 4. The fraction of sp³-hybridized carbons (Fsp3) is 0.167. The van der Waals surface area contributed by atoms with Gasteiger partial charge >= 0.3 is 0 Å². The Morgan fingerprint density at radius 1 is 1.55 bits per heavy atom. The first-order valence-electron chi connectivity index (χ1n) is 5.60. The van der Waals surface area contributed by atoms with E-state index >= 15 is 0 Å². The molecule has 0 spiro atoms. The van der Waals surface area contributed by atoms with E-state index in [1.165, 1.54) is 29.5 Å². The van der Waals surface area contributed by atoms with Crippen molar-refractivity contribution < 1.29 is 9.72 Å². The van der Waals surface area contributed by atoms with Crippen molar-refractivity contribution >= 4 is 34.5 Å². The van der Waals surface area contributed by atoms with Crippen molar-refractivity contribution in [3.05, 3.63) is 55.0 Å². The number of benzene rings is 1. The number of amides is 1. The fourth-order valence-electron chi connectivity index (χ4n) is 1.54. The van der Waals surface area contributed by atoms with Gasteiger partial charge in [-0.2, -0.15) is 0 Å². The lowest BCUT2D eigenvalue weighted by Gasteiger charge is -2.04. The van der Waals surface area contributed by atoms with Crippen LogP contribution in [0.3, 0.4) is 0 Å². The van der Waals surface area contributed by atoms with Crippen LogP contribution in [0.4, 0.5) is 5.69 Å². The highest BCUT2D eigenvalue weighted by Gasteiger charge is 2.15. The molecule has 1 amide bonds. The number of hydrogen-bond donors (Lipinski definition) is 1. The highest BCUT2D eigenvalue weighted by Crippen LogP contribution is 2.24. The molecular formula is C12H10ClN3O3S. The van der Waals surface area contributed by atoms with E-state index in [2.05, 4.69) is 10.3 Å². The van der Waals surface area contributed by atoms with Gasteiger partial charge in [0.25, 0.3) is 11.6 Å². The minimum absolute atomic E-state index is 0.0623. The van der Waals surface area contributed by atoms with Crippen molar-refractivity contribution in [2.24, 2.45) is 0 Å². The van der Waals surface area contributed by atoms with Crippen LogP contribution in [0.2, 0.25) is 5.02 Å². The third kappa shape index (κ3) is 3.31. The van der Waals surface area contributed by atoms with Crippen molar-refractivity contribution in [2.75, 3.05) is 0 Å². The summed E-state index contributed by atoms with van der Waals surface area (Å²) in [6.45, 7) is 2.18. The minimum Gasteiger partial charge on any atom is -0.346 e. The maximum absolute atomic E-state index is 11.9. The molecule has 104 valence electrons. The molecule has 8 heteroatoms. The van der Waals surface area contributed by atoms with Gasteiger partial charge in [-0.3, -0.25) is 14.9 Å². The van der Waals surface area contributed by atoms with E-state index in [0.29, 0.717) is 6.54 Å². The van der Waals surface area contributed by atoms with Crippen molar-refractivity contribution in [1.82, 2.24) is 10.3 Å². The van der Waals surface area contributed by atoms with Gasteiger partial charge in [-0.05, 0) is 19.1 Å². The number of halogens is 1. The van der Waals surface area contributed by atoms with Crippen LogP contribution in [-0.2, 0) is 6.54 Å². The first kappa shape index (κ1) is 14.4. The Bertz CT molecular complexity index is 672. The summed E-state index contributed by atoms with van der Waals surface area (Å²) < 4.78 is 0. The topological polar surface area (TPSA) is 85.1 Å². The molecular weight excluding hydrogens is 302 g/mol. The summed E-state index contributed by atoms with van der Waals surface area (Å²) >= 11 is 7.21. The molecule has 2 aromatic rings. The molecule has 1 aromatic carbocycles. The molecule has 0 aliphatic rings. The van der Waals surface area contributed by atoms with Gasteiger partial charge < -0.3 is 5.32 Å². The molecule has 0 saturated heterocycles. The van der Waals surface area contributed by atoms with E-state index in [1.54, 1.807) is 0 Å². The second-order valence-corrected chi connectivity index (χ2v) is 5.34. The average molecular weight is 312 g/mol. The van der Waals surface area contributed by atoms with Crippen LogP contribution in [0.25, 0.3) is 0 Å². The SMILES string of the molecule is Cc1csc(CNC(=O)c2ccc([N+](=O)[O-])c(Cl)c2)n1.